The fourth-order valence-electron chi connectivity index (χ4n) is 2.16. The summed E-state index contributed by atoms with van der Waals surface area (Å²) >= 11 is 6.11. The van der Waals surface area contributed by atoms with E-state index < -0.39 is 0 Å². The molecule has 4 nitrogen and oxygen atoms in total. The van der Waals surface area contributed by atoms with Crippen LogP contribution >= 0.6 is 11.6 Å². The quantitative estimate of drug-likeness (QED) is 0.784. The minimum absolute atomic E-state index is 0.296. The van der Waals surface area contributed by atoms with E-state index in [0.717, 1.165) is 29.2 Å². The van der Waals surface area contributed by atoms with Crippen LogP contribution in [0.5, 0.6) is 11.5 Å². The third-order valence-corrected chi connectivity index (χ3v) is 3.51. The summed E-state index contributed by atoms with van der Waals surface area (Å²) in [5, 5.41) is 0.454. The molecule has 1 aromatic heterocycles. The minimum atomic E-state index is 0.296. The molecule has 0 amide bonds. The lowest BCUT2D eigenvalue weighted by Gasteiger charge is -2.11. The van der Waals surface area contributed by atoms with Crippen molar-refractivity contribution in [3.8, 4) is 22.9 Å². The predicted octanol–water partition coefficient (Wildman–Crippen LogP) is 4.08. The SMILES string of the molecule is CC(C)c1cc(Cl)nc(-c2ccc3c(c2)OCCCO3)n1. The molecule has 3 rings (SSSR count). The number of benzene rings is 1. The van der Waals surface area contributed by atoms with Crippen molar-refractivity contribution in [2.24, 2.45) is 0 Å². The molecule has 0 spiro atoms. The number of fused-ring (bicyclic) bond motifs is 1. The van der Waals surface area contributed by atoms with E-state index in [-0.39, 0.29) is 0 Å². The number of hydrogen-bond donors (Lipinski definition) is 0. The maximum absolute atomic E-state index is 6.11. The van der Waals surface area contributed by atoms with Crippen LogP contribution in [0, 0.1) is 0 Å². The van der Waals surface area contributed by atoms with Crippen molar-refractivity contribution < 1.29 is 9.47 Å². The Morgan fingerprint density at radius 1 is 1.05 bits per heavy atom. The standard InChI is InChI=1S/C16H17ClN2O2/c1-10(2)12-9-15(17)19-16(18-12)11-4-5-13-14(8-11)21-7-3-6-20-13/h4-5,8-10H,3,6-7H2,1-2H3. The maximum Gasteiger partial charge on any atom is 0.161 e. The minimum Gasteiger partial charge on any atom is -0.490 e. The number of ether oxygens (including phenoxy) is 2. The Hall–Kier alpha value is -1.81. The molecule has 1 aliphatic rings. The zero-order chi connectivity index (χ0) is 14.8. The van der Waals surface area contributed by atoms with Crippen LogP contribution in [0.4, 0.5) is 0 Å². The molecule has 0 N–H and O–H groups in total. The summed E-state index contributed by atoms with van der Waals surface area (Å²) in [5.74, 6) is 2.41. The highest BCUT2D eigenvalue weighted by Gasteiger charge is 2.14. The number of aromatic nitrogens is 2. The summed E-state index contributed by atoms with van der Waals surface area (Å²) in [7, 11) is 0. The molecule has 0 radical (unpaired) electrons. The Bertz CT molecular complexity index is 659. The van der Waals surface area contributed by atoms with Crippen molar-refractivity contribution in [3.05, 3.63) is 35.1 Å². The highest BCUT2D eigenvalue weighted by Crippen LogP contribution is 2.33. The van der Waals surface area contributed by atoms with Crippen LogP contribution in [0.1, 0.15) is 31.9 Å². The molecule has 5 heteroatoms. The van der Waals surface area contributed by atoms with E-state index in [1.807, 2.05) is 18.2 Å². The lowest BCUT2D eigenvalue weighted by molar-refractivity contribution is 0.297. The van der Waals surface area contributed by atoms with Gasteiger partial charge in [-0.25, -0.2) is 9.97 Å². The highest BCUT2D eigenvalue weighted by atomic mass is 35.5. The molecular weight excluding hydrogens is 288 g/mol. The van der Waals surface area contributed by atoms with Crippen LogP contribution in [-0.4, -0.2) is 23.2 Å². The Kier molecular flexibility index (Phi) is 3.97. The first-order chi connectivity index (χ1) is 10.1. The Labute approximate surface area is 129 Å². The van der Waals surface area contributed by atoms with E-state index in [1.165, 1.54) is 0 Å². The molecule has 0 bridgehead atoms. The fraction of sp³-hybridized carbons (Fsp3) is 0.375. The average molecular weight is 305 g/mol. The third kappa shape index (κ3) is 3.10. The van der Waals surface area contributed by atoms with Crippen molar-refractivity contribution in [2.75, 3.05) is 13.2 Å². The first-order valence-corrected chi connectivity index (χ1v) is 7.46. The Morgan fingerprint density at radius 3 is 2.57 bits per heavy atom. The van der Waals surface area contributed by atoms with Crippen LogP contribution in [0.2, 0.25) is 5.15 Å². The molecule has 21 heavy (non-hydrogen) atoms. The Morgan fingerprint density at radius 2 is 1.81 bits per heavy atom. The van der Waals surface area contributed by atoms with Crippen LogP contribution in [0.25, 0.3) is 11.4 Å². The molecule has 0 aliphatic carbocycles. The Balaban J connectivity index is 2.02. The first kappa shape index (κ1) is 14.1. The molecule has 0 saturated heterocycles. The van der Waals surface area contributed by atoms with Crippen molar-refractivity contribution in [1.82, 2.24) is 9.97 Å². The van der Waals surface area contributed by atoms with Gasteiger partial charge < -0.3 is 9.47 Å². The second-order valence-electron chi connectivity index (χ2n) is 5.31. The molecule has 2 aromatic rings. The van der Waals surface area contributed by atoms with Gasteiger partial charge in [0.25, 0.3) is 0 Å². The van der Waals surface area contributed by atoms with E-state index >= 15 is 0 Å². The zero-order valence-corrected chi connectivity index (χ0v) is 12.9. The normalized spacial score (nSPS) is 14.1. The topological polar surface area (TPSA) is 44.2 Å². The van der Waals surface area contributed by atoms with Crippen LogP contribution in [0.15, 0.2) is 24.3 Å². The monoisotopic (exact) mass is 304 g/mol. The second-order valence-corrected chi connectivity index (χ2v) is 5.69. The lowest BCUT2D eigenvalue weighted by atomic mass is 10.1. The first-order valence-electron chi connectivity index (χ1n) is 7.08. The molecule has 0 atom stereocenters. The van der Waals surface area contributed by atoms with Gasteiger partial charge in [-0.1, -0.05) is 25.4 Å². The van der Waals surface area contributed by atoms with Gasteiger partial charge in [-0.05, 0) is 30.2 Å². The van der Waals surface area contributed by atoms with Crippen LogP contribution < -0.4 is 9.47 Å². The van der Waals surface area contributed by atoms with Crippen LogP contribution in [0.3, 0.4) is 0 Å². The average Bonchev–Trinajstić information content (AvgIpc) is 2.70. The summed E-state index contributed by atoms with van der Waals surface area (Å²) in [6.45, 7) is 5.49. The highest BCUT2D eigenvalue weighted by molar-refractivity contribution is 6.29. The zero-order valence-electron chi connectivity index (χ0n) is 12.1. The van der Waals surface area contributed by atoms with Gasteiger partial charge in [0.05, 0.1) is 13.2 Å². The summed E-state index contributed by atoms with van der Waals surface area (Å²) in [6.07, 6.45) is 0.884. The molecule has 0 saturated carbocycles. The molecule has 1 aromatic carbocycles. The molecule has 2 heterocycles. The number of rotatable bonds is 2. The third-order valence-electron chi connectivity index (χ3n) is 3.31. The van der Waals surface area contributed by atoms with Gasteiger partial charge in [-0.3, -0.25) is 0 Å². The number of nitrogens with zero attached hydrogens (tertiary/aromatic N) is 2. The molecular formula is C16H17ClN2O2. The van der Waals surface area contributed by atoms with Gasteiger partial charge in [0, 0.05) is 17.7 Å². The molecule has 1 aliphatic heterocycles. The van der Waals surface area contributed by atoms with Gasteiger partial charge in [-0.2, -0.15) is 0 Å². The van der Waals surface area contributed by atoms with E-state index in [2.05, 4.69) is 23.8 Å². The summed E-state index contributed by atoms with van der Waals surface area (Å²) in [4.78, 5) is 8.90. The lowest BCUT2D eigenvalue weighted by Crippen LogP contribution is -1.99. The smallest absolute Gasteiger partial charge is 0.161 e. The van der Waals surface area contributed by atoms with Gasteiger partial charge in [0.1, 0.15) is 5.15 Å². The largest absolute Gasteiger partial charge is 0.490 e. The van der Waals surface area contributed by atoms with Crippen molar-refractivity contribution in [2.45, 2.75) is 26.2 Å². The van der Waals surface area contributed by atoms with E-state index in [0.29, 0.717) is 30.1 Å². The maximum atomic E-state index is 6.11. The number of hydrogen-bond acceptors (Lipinski definition) is 4. The van der Waals surface area contributed by atoms with Crippen LogP contribution in [-0.2, 0) is 0 Å². The summed E-state index contributed by atoms with van der Waals surface area (Å²) in [6, 6.07) is 7.55. The van der Waals surface area contributed by atoms with Gasteiger partial charge in [0.2, 0.25) is 0 Å². The van der Waals surface area contributed by atoms with Crippen molar-refractivity contribution in [3.63, 3.8) is 0 Å². The number of halogens is 1. The van der Waals surface area contributed by atoms with Crippen molar-refractivity contribution >= 4 is 11.6 Å². The van der Waals surface area contributed by atoms with E-state index in [4.69, 9.17) is 21.1 Å². The second kappa shape index (κ2) is 5.90. The van der Waals surface area contributed by atoms with E-state index in [1.54, 1.807) is 6.07 Å². The summed E-state index contributed by atoms with van der Waals surface area (Å²) < 4.78 is 11.3. The van der Waals surface area contributed by atoms with Gasteiger partial charge in [-0.15, -0.1) is 0 Å². The fourth-order valence-corrected chi connectivity index (χ4v) is 2.35. The van der Waals surface area contributed by atoms with Gasteiger partial charge in [0.15, 0.2) is 17.3 Å². The molecule has 0 unspecified atom stereocenters. The van der Waals surface area contributed by atoms with E-state index in [9.17, 15) is 0 Å². The van der Waals surface area contributed by atoms with Crippen molar-refractivity contribution in [1.29, 1.82) is 0 Å². The summed E-state index contributed by atoms with van der Waals surface area (Å²) in [5.41, 5.74) is 1.81. The molecule has 0 fully saturated rings. The van der Waals surface area contributed by atoms with Gasteiger partial charge >= 0.3 is 0 Å². The molecule has 110 valence electrons. The predicted molar refractivity (Wildman–Crippen MR) is 82.2 cm³/mol.